The van der Waals surface area contributed by atoms with E-state index in [2.05, 4.69) is 0 Å². The molecule has 2 saturated heterocycles. The highest BCUT2D eigenvalue weighted by atomic mass is 16.7. The van der Waals surface area contributed by atoms with E-state index in [9.17, 15) is 5.11 Å². The molecule has 1 N–H and O–H groups in total. The van der Waals surface area contributed by atoms with Crippen molar-refractivity contribution in [3.8, 4) is 0 Å². The molecule has 6 aromatic carbocycles. The average Bonchev–Trinajstić information content (AvgIpc) is 3.37. The number of hydrogen-bond donors (Lipinski definition) is 1. The third kappa shape index (κ3) is 13.5. The van der Waals surface area contributed by atoms with Crippen LogP contribution in [-0.4, -0.2) is 80.6 Å². The van der Waals surface area contributed by atoms with E-state index in [1.54, 1.807) is 7.11 Å². The lowest BCUT2D eigenvalue weighted by Crippen LogP contribution is -2.63. The van der Waals surface area contributed by atoms with Crippen LogP contribution in [0.5, 0.6) is 0 Å². The Morgan fingerprint density at radius 2 is 0.727 bits per heavy atom. The summed E-state index contributed by atoms with van der Waals surface area (Å²) in [4.78, 5) is 0. The van der Waals surface area contributed by atoms with Crippen LogP contribution in [0.2, 0.25) is 0 Å². The second-order valence-corrected chi connectivity index (χ2v) is 16.9. The van der Waals surface area contributed by atoms with E-state index >= 15 is 0 Å². The Morgan fingerprint density at radius 3 is 1.14 bits per heavy atom. The van der Waals surface area contributed by atoms with Crippen LogP contribution in [0, 0.1) is 5.92 Å². The molecule has 346 valence electrons. The second kappa shape index (κ2) is 25.2. The Balaban J connectivity index is 1.12. The molecule has 10 heteroatoms. The molecule has 66 heavy (non-hydrogen) atoms. The number of aliphatic hydroxyl groups excluding tert-OH is 1. The molecule has 0 spiro atoms. The van der Waals surface area contributed by atoms with Gasteiger partial charge in [0.25, 0.3) is 0 Å². The van der Waals surface area contributed by atoms with Gasteiger partial charge in [-0.1, -0.05) is 182 Å². The minimum Gasteiger partial charge on any atom is -0.388 e. The second-order valence-electron chi connectivity index (χ2n) is 16.9. The van der Waals surface area contributed by atoms with E-state index in [1.165, 1.54) is 0 Å². The van der Waals surface area contributed by atoms with Crippen LogP contribution in [0.1, 0.15) is 39.8 Å². The molecule has 8 rings (SSSR count). The highest BCUT2D eigenvalue weighted by Gasteiger charge is 2.53. The smallest absolute Gasteiger partial charge is 0.186 e. The molecular formula is C56H62O10. The fourth-order valence-electron chi connectivity index (χ4n) is 8.78. The Morgan fingerprint density at radius 1 is 0.379 bits per heavy atom. The molecule has 0 aromatic heterocycles. The van der Waals surface area contributed by atoms with Gasteiger partial charge >= 0.3 is 0 Å². The van der Waals surface area contributed by atoms with E-state index in [-0.39, 0.29) is 26.4 Å². The molecular weight excluding hydrogens is 833 g/mol. The summed E-state index contributed by atoms with van der Waals surface area (Å²) >= 11 is 0. The number of ether oxygens (including phenoxy) is 9. The molecule has 0 saturated carbocycles. The van der Waals surface area contributed by atoms with Crippen molar-refractivity contribution < 1.29 is 47.7 Å². The highest BCUT2D eigenvalue weighted by Crippen LogP contribution is 2.39. The third-order valence-corrected chi connectivity index (χ3v) is 12.2. The van der Waals surface area contributed by atoms with Gasteiger partial charge in [-0.2, -0.15) is 0 Å². The van der Waals surface area contributed by atoms with Gasteiger partial charge in [0.1, 0.15) is 30.5 Å². The zero-order valence-corrected chi connectivity index (χ0v) is 37.6. The maximum atomic E-state index is 12.7. The first-order valence-corrected chi connectivity index (χ1v) is 23.0. The van der Waals surface area contributed by atoms with Crippen molar-refractivity contribution in [3.63, 3.8) is 0 Å². The molecule has 0 radical (unpaired) electrons. The quantitative estimate of drug-likeness (QED) is 0.0670. The summed E-state index contributed by atoms with van der Waals surface area (Å²) in [5.74, 6) is -0.418. The summed E-state index contributed by atoms with van der Waals surface area (Å²) in [5, 5.41) is 12.7. The van der Waals surface area contributed by atoms with Crippen LogP contribution in [0.4, 0.5) is 0 Å². The lowest BCUT2D eigenvalue weighted by atomic mass is 9.81. The summed E-state index contributed by atoms with van der Waals surface area (Å²) in [6, 6.07) is 60.1. The molecule has 0 unspecified atom stereocenters. The van der Waals surface area contributed by atoms with Gasteiger partial charge in [-0.05, 0) is 39.8 Å². The van der Waals surface area contributed by atoms with Gasteiger partial charge in [0.2, 0.25) is 0 Å². The first-order valence-electron chi connectivity index (χ1n) is 23.0. The molecule has 2 heterocycles. The van der Waals surface area contributed by atoms with Crippen molar-refractivity contribution in [2.24, 2.45) is 5.92 Å². The van der Waals surface area contributed by atoms with E-state index in [0.29, 0.717) is 32.8 Å². The van der Waals surface area contributed by atoms with Gasteiger partial charge in [0, 0.05) is 13.0 Å². The van der Waals surface area contributed by atoms with Crippen molar-refractivity contribution in [3.05, 3.63) is 215 Å². The Kier molecular flexibility index (Phi) is 18.1. The van der Waals surface area contributed by atoms with Crippen LogP contribution in [0.15, 0.2) is 182 Å². The minimum absolute atomic E-state index is 0.191. The third-order valence-electron chi connectivity index (χ3n) is 12.2. The molecule has 0 amide bonds. The van der Waals surface area contributed by atoms with Crippen LogP contribution in [0.3, 0.4) is 0 Å². The predicted octanol–water partition coefficient (Wildman–Crippen LogP) is 9.27. The standard InChI is InChI=1S/C56H62O10/c1-58-56-55(64-38-46-30-18-7-19-31-46)52(61-35-43-24-12-4-13-25-43)47(49(66-56)39-59-33-41-20-8-2-9-21-41)32-48-51(57)54(63-37-45-28-16-6-17-29-45)53(62-36-44-26-14-5-15-27-44)50(65-48)40-60-34-42-22-10-3-11-23-42/h2-31,47-57H,32-40H2,1H3/t47-,48-,49+,50+,51-,52-,53+,54+,55+,56-/m0/s1. The van der Waals surface area contributed by atoms with Crippen molar-refractivity contribution in [1.82, 2.24) is 0 Å². The Labute approximate surface area is 389 Å². The van der Waals surface area contributed by atoms with E-state index in [1.807, 2.05) is 182 Å². The zero-order chi connectivity index (χ0) is 45.2. The minimum atomic E-state index is -1.12. The molecule has 2 aliphatic rings. The Bertz CT molecular complexity index is 2220. The molecule has 2 fully saturated rings. The molecule has 0 aliphatic carbocycles. The summed E-state index contributed by atoms with van der Waals surface area (Å²) in [6.45, 7) is 2.33. The van der Waals surface area contributed by atoms with Crippen molar-refractivity contribution in [2.75, 3.05) is 20.3 Å². The lowest BCUT2D eigenvalue weighted by Gasteiger charge is -2.49. The fourth-order valence-corrected chi connectivity index (χ4v) is 8.78. The monoisotopic (exact) mass is 894 g/mol. The van der Waals surface area contributed by atoms with E-state index in [4.69, 9.17) is 42.6 Å². The van der Waals surface area contributed by atoms with E-state index < -0.39 is 61.0 Å². The predicted molar refractivity (Wildman–Crippen MR) is 251 cm³/mol. The maximum absolute atomic E-state index is 12.7. The molecule has 10 nitrogen and oxygen atoms in total. The summed E-state index contributed by atoms with van der Waals surface area (Å²) < 4.78 is 60.2. The van der Waals surface area contributed by atoms with Gasteiger partial charge in [-0.3, -0.25) is 0 Å². The molecule has 2 aliphatic heterocycles. The number of rotatable bonds is 23. The zero-order valence-electron chi connectivity index (χ0n) is 37.6. The summed E-state index contributed by atoms with van der Waals surface area (Å²) in [5.41, 5.74) is 6.05. The van der Waals surface area contributed by atoms with Gasteiger partial charge < -0.3 is 47.7 Å². The van der Waals surface area contributed by atoms with Crippen LogP contribution >= 0.6 is 0 Å². The largest absolute Gasteiger partial charge is 0.388 e. The van der Waals surface area contributed by atoms with Gasteiger partial charge in [0.05, 0.1) is 71.2 Å². The van der Waals surface area contributed by atoms with Crippen molar-refractivity contribution in [1.29, 1.82) is 0 Å². The number of benzene rings is 6. The van der Waals surface area contributed by atoms with Gasteiger partial charge in [-0.25, -0.2) is 0 Å². The maximum Gasteiger partial charge on any atom is 0.186 e. The van der Waals surface area contributed by atoms with E-state index in [0.717, 1.165) is 33.4 Å². The first-order chi connectivity index (χ1) is 32.6. The van der Waals surface area contributed by atoms with Crippen molar-refractivity contribution in [2.45, 2.75) is 101 Å². The normalized spacial score (nSPS) is 25.4. The fraction of sp³-hybridized carbons (Fsp3) is 0.357. The van der Waals surface area contributed by atoms with Crippen LogP contribution in [-0.2, 0) is 82.3 Å². The SMILES string of the molecule is CO[C@H]1O[C@H](COCc2ccccc2)[C@H](C[C@@H]2O[C@H](COCc3ccccc3)[C@@H](OCc3ccccc3)[C@H](OCc3ccccc3)[C@H]2O)[C@H](OCc2ccccc2)[C@H]1OCc1ccccc1. The average molecular weight is 895 g/mol. The summed E-state index contributed by atoms with van der Waals surface area (Å²) in [6.07, 6.45) is -6.27. The molecule has 0 bridgehead atoms. The highest BCUT2D eigenvalue weighted by molar-refractivity contribution is 5.18. The number of aliphatic hydroxyl groups is 1. The number of methoxy groups -OCH3 is 1. The van der Waals surface area contributed by atoms with Crippen LogP contribution < -0.4 is 0 Å². The van der Waals surface area contributed by atoms with Crippen LogP contribution in [0.25, 0.3) is 0 Å². The van der Waals surface area contributed by atoms with Crippen molar-refractivity contribution >= 4 is 0 Å². The first kappa shape index (κ1) is 47.4. The lowest BCUT2D eigenvalue weighted by molar-refractivity contribution is -0.315. The van der Waals surface area contributed by atoms with Gasteiger partial charge in [0.15, 0.2) is 6.29 Å². The summed E-state index contributed by atoms with van der Waals surface area (Å²) in [7, 11) is 1.62. The van der Waals surface area contributed by atoms with Gasteiger partial charge in [-0.15, -0.1) is 0 Å². The molecule has 10 atom stereocenters. The topological polar surface area (TPSA) is 103 Å². The number of hydrogen-bond acceptors (Lipinski definition) is 10. The molecule has 6 aromatic rings. The Hall–Kier alpha value is -5.08.